The van der Waals surface area contributed by atoms with Gasteiger partial charge in [-0.05, 0) is 32.9 Å². The summed E-state index contributed by atoms with van der Waals surface area (Å²) in [5.41, 5.74) is 0. The van der Waals surface area contributed by atoms with Crippen LogP contribution in [0.1, 0.15) is 26.7 Å². The lowest BCUT2D eigenvalue weighted by atomic mass is 10.2. The van der Waals surface area contributed by atoms with Gasteiger partial charge in [-0.3, -0.25) is 9.69 Å². The van der Waals surface area contributed by atoms with E-state index in [4.69, 9.17) is 0 Å². The number of carbonyl (C=O) groups excluding carboxylic acids is 1. The summed E-state index contributed by atoms with van der Waals surface area (Å²) >= 11 is 0. The molecule has 0 saturated carbocycles. The normalized spacial score (nSPS) is 23.1. The van der Waals surface area contributed by atoms with Crippen LogP contribution in [-0.2, 0) is 4.79 Å². The molecule has 1 saturated heterocycles. The maximum Gasteiger partial charge on any atom is 0.236 e. The van der Waals surface area contributed by atoms with Crippen molar-refractivity contribution >= 4 is 5.91 Å². The summed E-state index contributed by atoms with van der Waals surface area (Å²) in [4.78, 5) is 13.7. The number of hydrogen-bond acceptors (Lipinski definition) is 3. The average molecular weight is 213 g/mol. The minimum atomic E-state index is -0.0256. The van der Waals surface area contributed by atoms with E-state index in [1.807, 2.05) is 6.92 Å². The van der Waals surface area contributed by atoms with Gasteiger partial charge in [0, 0.05) is 19.6 Å². The molecule has 4 nitrogen and oxygen atoms in total. The summed E-state index contributed by atoms with van der Waals surface area (Å²) in [7, 11) is 1.69. The zero-order valence-electron chi connectivity index (χ0n) is 10.0. The van der Waals surface area contributed by atoms with Gasteiger partial charge < -0.3 is 10.6 Å². The standard InChI is InChI=1S/C11H23N3O/c1-4-14(9(2)11(15)12-3)8-10-6-5-7-13-10/h9-10,13H,4-8H2,1-3H3,(H,12,15). The Morgan fingerprint density at radius 1 is 1.67 bits per heavy atom. The van der Waals surface area contributed by atoms with Crippen LogP contribution < -0.4 is 10.6 Å². The fraction of sp³-hybridized carbons (Fsp3) is 0.909. The topological polar surface area (TPSA) is 44.4 Å². The molecule has 2 atom stereocenters. The zero-order valence-corrected chi connectivity index (χ0v) is 10.0. The van der Waals surface area contributed by atoms with Gasteiger partial charge >= 0.3 is 0 Å². The van der Waals surface area contributed by atoms with E-state index in [-0.39, 0.29) is 11.9 Å². The van der Waals surface area contributed by atoms with Gasteiger partial charge in [0.2, 0.25) is 5.91 Å². The molecule has 0 radical (unpaired) electrons. The molecule has 15 heavy (non-hydrogen) atoms. The first-order valence-corrected chi connectivity index (χ1v) is 5.88. The van der Waals surface area contributed by atoms with Crippen LogP contribution in [0.3, 0.4) is 0 Å². The summed E-state index contributed by atoms with van der Waals surface area (Å²) in [5.74, 6) is 0.106. The van der Waals surface area contributed by atoms with E-state index in [1.54, 1.807) is 7.05 Å². The Labute approximate surface area is 92.4 Å². The van der Waals surface area contributed by atoms with Crippen molar-refractivity contribution in [1.29, 1.82) is 0 Å². The zero-order chi connectivity index (χ0) is 11.3. The minimum Gasteiger partial charge on any atom is -0.358 e. The third kappa shape index (κ3) is 3.47. The smallest absolute Gasteiger partial charge is 0.236 e. The van der Waals surface area contributed by atoms with Crippen LogP contribution in [0.5, 0.6) is 0 Å². The number of nitrogens with zero attached hydrogens (tertiary/aromatic N) is 1. The summed E-state index contributed by atoms with van der Waals surface area (Å²) in [5, 5.41) is 6.16. The van der Waals surface area contributed by atoms with E-state index < -0.39 is 0 Å². The Balaban J connectivity index is 2.42. The van der Waals surface area contributed by atoms with E-state index in [0.29, 0.717) is 6.04 Å². The van der Waals surface area contributed by atoms with Gasteiger partial charge in [-0.15, -0.1) is 0 Å². The monoisotopic (exact) mass is 213 g/mol. The van der Waals surface area contributed by atoms with Crippen molar-refractivity contribution in [2.45, 2.75) is 38.8 Å². The van der Waals surface area contributed by atoms with Crippen molar-refractivity contribution in [3.63, 3.8) is 0 Å². The molecule has 1 amide bonds. The summed E-state index contributed by atoms with van der Waals surface area (Å²) in [6.45, 7) is 7.10. The molecule has 1 heterocycles. The summed E-state index contributed by atoms with van der Waals surface area (Å²) in [6, 6.07) is 0.541. The molecule has 0 aromatic carbocycles. The lowest BCUT2D eigenvalue weighted by molar-refractivity contribution is -0.125. The largest absolute Gasteiger partial charge is 0.358 e. The Kier molecular flexibility index (Phi) is 5.05. The minimum absolute atomic E-state index is 0.0256. The molecule has 2 unspecified atom stereocenters. The first-order valence-electron chi connectivity index (χ1n) is 5.88. The van der Waals surface area contributed by atoms with Gasteiger partial charge in [-0.1, -0.05) is 6.92 Å². The van der Waals surface area contributed by atoms with E-state index in [0.717, 1.165) is 19.6 Å². The lowest BCUT2D eigenvalue weighted by Gasteiger charge is -2.29. The molecule has 0 aromatic rings. The van der Waals surface area contributed by atoms with Crippen LogP contribution in [0.25, 0.3) is 0 Å². The molecule has 4 heteroatoms. The van der Waals surface area contributed by atoms with Gasteiger partial charge in [0.25, 0.3) is 0 Å². The third-order valence-corrected chi connectivity index (χ3v) is 3.20. The predicted molar refractivity (Wildman–Crippen MR) is 61.8 cm³/mol. The third-order valence-electron chi connectivity index (χ3n) is 3.20. The molecule has 1 aliphatic rings. The molecule has 0 aromatic heterocycles. The number of nitrogens with one attached hydrogen (secondary N) is 2. The van der Waals surface area contributed by atoms with Gasteiger partial charge in [-0.2, -0.15) is 0 Å². The molecule has 0 bridgehead atoms. The molecule has 1 fully saturated rings. The predicted octanol–water partition coefficient (Wildman–Crippen LogP) is 0.195. The number of likely N-dealkylation sites (N-methyl/N-ethyl adjacent to an activating group) is 2. The van der Waals surface area contributed by atoms with Gasteiger partial charge in [0.1, 0.15) is 0 Å². The first kappa shape index (κ1) is 12.5. The fourth-order valence-corrected chi connectivity index (χ4v) is 2.13. The molecule has 0 aliphatic carbocycles. The second kappa shape index (κ2) is 6.08. The van der Waals surface area contributed by atoms with Gasteiger partial charge in [-0.25, -0.2) is 0 Å². The highest BCUT2D eigenvalue weighted by Gasteiger charge is 2.23. The Morgan fingerprint density at radius 3 is 2.87 bits per heavy atom. The molecule has 1 rings (SSSR count). The number of amides is 1. The van der Waals surface area contributed by atoms with Crippen LogP contribution in [-0.4, -0.2) is 49.6 Å². The van der Waals surface area contributed by atoms with Crippen molar-refractivity contribution in [2.24, 2.45) is 0 Å². The fourth-order valence-electron chi connectivity index (χ4n) is 2.13. The highest BCUT2D eigenvalue weighted by atomic mass is 16.2. The molecule has 2 N–H and O–H groups in total. The van der Waals surface area contributed by atoms with E-state index >= 15 is 0 Å². The van der Waals surface area contributed by atoms with Crippen LogP contribution >= 0.6 is 0 Å². The molecular weight excluding hydrogens is 190 g/mol. The van der Waals surface area contributed by atoms with Crippen LogP contribution in [0, 0.1) is 0 Å². The Bertz CT molecular complexity index is 202. The quantitative estimate of drug-likeness (QED) is 0.685. The van der Waals surface area contributed by atoms with Crippen molar-refractivity contribution in [2.75, 3.05) is 26.7 Å². The molecule has 88 valence electrons. The summed E-state index contributed by atoms with van der Waals surface area (Å²) < 4.78 is 0. The Hall–Kier alpha value is -0.610. The van der Waals surface area contributed by atoms with E-state index in [9.17, 15) is 4.79 Å². The maximum atomic E-state index is 11.5. The average Bonchev–Trinajstić information content (AvgIpc) is 2.76. The molecule has 1 aliphatic heterocycles. The first-order chi connectivity index (χ1) is 7.19. The number of carbonyl (C=O) groups is 1. The van der Waals surface area contributed by atoms with Crippen molar-refractivity contribution in [3.05, 3.63) is 0 Å². The van der Waals surface area contributed by atoms with Crippen molar-refractivity contribution < 1.29 is 4.79 Å². The van der Waals surface area contributed by atoms with Crippen molar-refractivity contribution in [3.8, 4) is 0 Å². The van der Waals surface area contributed by atoms with Gasteiger partial charge in [0.15, 0.2) is 0 Å². The van der Waals surface area contributed by atoms with Crippen LogP contribution in [0.15, 0.2) is 0 Å². The van der Waals surface area contributed by atoms with Crippen LogP contribution in [0.2, 0.25) is 0 Å². The lowest BCUT2D eigenvalue weighted by Crippen LogP contribution is -2.48. The van der Waals surface area contributed by atoms with Gasteiger partial charge in [0.05, 0.1) is 6.04 Å². The van der Waals surface area contributed by atoms with Crippen LogP contribution in [0.4, 0.5) is 0 Å². The molecule has 0 spiro atoms. The number of hydrogen-bond donors (Lipinski definition) is 2. The SMILES string of the molecule is CCN(CC1CCCN1)C(C)C(=O)NC. The van der Waals surface area contributed by atoms with E-state index in [1.165, 1.54) is 12.8 Å². The maximum absolute atomic E-state index is 11.5. The summed E-state index contributed by atoms with van der Waals surface area (Å²) in [6.07, 6.45) is 2.49. The highest BCUT2D eigenvalue weighted by molar-refractivity contribution is 5.80. The molecular formula is C11H23N3O. The Morgan fingerprint density at radius 2 is 2.40 bits per heavy atom. The van der Waals surface area contributed by atoms with E-state index in [2.05, 4.69) is 22.5 Å². The number of rotatable bonds is 5. The second-order valence-corrected chi connectivity index (χ2v) is 4.17. The highest BCUT2D eigenvalue weighted by Crippen LogP contribution is 2.09. The second-order valence-electron chi connectivity index (χ2n) is 4.17. The van der Waals surface area contributed by atoms with Crippen molar-refractivity contribution in [1.82, 2.24) is 15.5 Å².